The minimum absolute atomic E-state index is 0.0594. The van der Waals surface area contributed by atoms with Crippen LogP contribution >= 0.6 is 23.6 Å². The van der Waals surface area contributed by atoms with Crippen LogP contribution in [0.4, 0.5) is 5.13 Å². The largest absolute Gasteiger partial charge is 0.302 e. The number of H-pyrrole nitrogens is 1. The third kappa shape index (κ3) is 4.52. The van der Waals surface area contributed by atoms with Crippen molar-refractivity contribution in [3.8, 4) is 0 Å². The molecule has 1 aliphatic carbocycles. The number of aromatic amines is 1. The van der Waals surface area contributed by atoms with Gasteiger partial charge in [0.2, 0.25) is 17.7 Å². The Morgan fingerprint density at radius 2 is 2.03 bits per heavy atom. The molecular weight excluding hydrogens is 436 g/mol. The van der Waals surface area contributed by atoms with Crippen LogP contribution in [0.1, 0.15) is 43.6 Å². The number of carbonyl (C=O) groups is 3. The van der Waals surface area contributed by atoms with Gasteiger partial charge in [0.15, 0.2) is 9.90 Å². The molecule has 2 aliphatic rings. The zero-order chi connectivity index (χ0) is 22.0. The molecular formula is C20H24N6O3S2. The van der Waals surface area contributed by atoms with E-state index in [1.165, 1.54) is 16.2 Å². The van der Waals surface area contributed by atoms with Crippen molar-refractivity contribution in [3.05, 3.63) is 34.3 Å². The van der Waals surface area contributed by atoms with E-state index in [2.05, 4.69) is 27.1 Å². The zero-order valence-corrected chi connectivity index (χ0v) is 18.6. The third-order valence-electron chi connectivity index (χ3n) is 5.78. The number of amides is 3. The molecule has 0 bridgehead atoms. The van der Waals surface area contributed by atoms with Crippen LogP contribution in [0.2, 0.25) is 0 Å². The summed E-state index contributed by atoms with van der Waals surface area (Å²) >= 11 is 6.53. The average molecular weight is 461 g/mol. The van der Waals surface area contributed by atoms with Crippen molar-refractivity contribution >= 4 is 46.4 Å². The van der Waals surface area contributed by atoms with Gasteiger partial charge >= 0.3 is 0 Å². The lowest BCUT2D eigenvalue weighted by Gasteiger charge is -2.19. The van der Waals surface area contributed by atoms with E-state index in [1.54, 1.807) is 6.08 Å². The second-order valence-corrected chi connectivity index (χ2v) is 9.03. The van der Waals surface area contributed by atoms with Crippen molar-refractivity contribution in [2.75, 3.05) is 11.9 Å². The average Bonchev–Trinajstić information content (AvgIpc) is 3.41. The maximum absolute atomic E-state index is 12.5. The number of aromatic nitrogens is 4. The second-order valence-electron chi connectivity index (χ2n) is 7.79. The van der Waals surface area contributed by atoms with E-state index in [1.807, 2.05) is 9.95 Å². The van der Waals surface area contributed by atoms with Crippen molar-refractivity contribution in [1.29, 1.82) is 0 Å². The number of fused-ring (bicyclic) bond motifs is 1. The van der Waals surface area contributed by atoms with Gasteiger partial charge < -0.3 is 5.32 Å². The Morgan fingerprint density at radius 1 is 1.32 bits per heavy atom. The van der Waals surface area contributed by atoms with Gasteiger partial charge in [-0.1, -0.05) is 18.9 Å². The summed E-state index contributed by atoms with van der Waals surface area (Å²) in [5.74, 6) is -0.148. The summed E-state index contributed by atoms with van der Waals surface area (Å²) in [5, 5.41) is 12.1. The summed E-state index contributed by atoms with van der Waals surface area (Å²) in [6.45, 7) is 4.39. The number of thiazole rings is 1. The second kappa shape index (κ2) is 9.23. The third-order valence-corrected chi connectivity index (χ3v) is 6.90. The first-order chi connectivity index (χ1) is 15.0. The number of nitrogens with one attached hydrogen (secondary N) is 2. The molecule has 2 atom stereocenters. The van der Waals surface area contributed by atoms with Crippen LogP contribution in [0, 0.1) is 16.6 Å². The molecule has 2 aromatic rings. The molecule has 3 amide bonds. The van der Waals surface area contributed by atoms with Gasteiger partial charge in [0.25, 0.3) is 0 Å². The fraction of sp³-hybridized carbons (Fsp3) is 0.500. The van der Waals surface area contributed by atoms with Gasteiger partial charge in [0.1, 0.15) is 5.82 Å². The normalized spacial score (nSPS) is 20.7. The van der Waals surface area contributed by atoms with Crippen LogP contribution < -0.4 is 5.32 Å². The van der Waals surface area contributed by atoms with Gasteiger partial charge in [-0.05, 0) is 25.1 Å². The van der Waals surface area contributed by atoms with Gasteiger partial charge in [-0.25, -0.2) is 4.98 Å². The van der Waals surface area contributed by atoms with Crippen LogP contribution in [-0.4, -0.2) is 48.9 Å². The molecule has 3 heterocycles. The molecule has 164 valence electrons. The molecule has 31 heavy (non-hydrogen) atoms. The Bertz CT molecular complexity index is 1050. The molecule has 11 heteroatoms. The molecule has 1 saturated heterocycles. The van der Waals surface area contributed by atoms with Crippen LogP contribution in [0.5, 0.6) is 0 Å². The van der Waals surface area contributed by atoms with Gasteiger partial charge in [0, 0.05) is 24.9 Å². The van der Waals surface area contributed by atoms with E-state index in [-0.39, 0.29) is 42.5 Å². The zero-order valence-electron chi connectivity index (χ0n) is 17.0. The molecule has 2 N–H and O–H groups in total. The maximum atomic E-state index is 12.5. The molecule has 0 radical (unpaired) electrons. The molecule has 2 unspecified atom stereocenters. The number of nitrogens with zero attached hydrogens (tertiary/aromatic N) is 4. The summed E-state index contributed by atoms with van der Waals surface area (Å²) in [4.78, 5) is 43.1. The Balaban J connectivity index is 1.31. The van der Waals surface area contributed by atoms with E-state index in [0.717, 1.165) is 37.2 Å². The highest BCUT2D eigenvalue weighted by molar-refractivity contribution is 7.71. The van der Waals surface area contributed by atoms with Gasteiger partial charge in [-0.3, -0.25) is 28.9 Å². The summed E-state index contributed by atoms with van der Waals surface area (Å²) in [7, 11) is 0. The van der Waals surface area contributed by atoms with Crippen molar-refractivity contribution < 1.29 is 14.4 Å². The Hall–Kier alpha value is -2.66. The molecule has 1 saturated carbocycles. The van der Waals surface area contributed by atoms with E-state index in [4.69, 9.17) is 12.2 Å². The Kier molecular flexibility index (Phi) is 6.42. The van der Waals surface area contributed by atoms with Crippen LogP contribution in [0.25, 0.3) is 0 Å². The lowest BCUT2D eigenvalue weighted by molar-refractivity contribution is -0.140. The first-order valence-electron chi connectivity index (χ1n) is 10.3. The molecule has 1 aliphatic heterocycles. The predicted molar refractivity (Wildman–Crippen MR) is 118 cm³/mol. The lowest BCUT2D eigenvalue weighted by Crippen LogP contribution is -2.34. The first-order valence-corrected chi connectivity index (χ1v) is 11.6. The van der Waals surface area contributed by atoms with E-state index >= 15 is 0 Å². The summed E-state index contributed by atoms with van der Waals surface area (Å²) in [6, 6.07) is 0. The van der Waals surface area contributed by atoms with Crippen LogP contribution in [0.3, 0.4) is 0 Å². The quantitative estimate of drug-likeness (QED) is 0.356. The van der Waals surface area contributed by atoms with Gasteiger partial charge in [0.05, 0.1) is 24.0 Å². The number of hydrogen-bond acceptors (Lipinski definition) is 7. The van der Waals surface area contributed by atoms with Crippen molar-refractivity contribution in [1.82, 2.24) is 24.6 Å². The predicted octanol–water partition coefficient (Wildman–Crippen LogP) is 2.68. The molecule has 2 fully saturated rings. The molecule has 0 aromatic carbocycles. The number of likely N-dealkylation sites (tertiary alicyclic amines) is 1. The maximum Gasteiger partial charge on any atom is 0.233 e. The highest BCUT2D eigenvalue weighted by Gasteiger charge is 2.47. The Labute approximate surface area is 188 Å². The highest BCUT2D eigenvalue weighted by Crippen LogP contribution is 2.38. The van der Waals surface area contributed by atoms with Gasteiger partial charge in [-0.2, -0.15) is 5.10 Å². The monoisotopic (exact) mass is 460 g/mol. The number of rotatable bonds is 8. The van der Waals surface area contributed by atoms with Gasteiger partial charge in [-0.15, -0.1) is 17.9 Å². The number of imide groups is 1. The van der Waals surface area contributed by atoms with Crippen molar-refractivity contribution in [3.63, 3.8) is 0 Å². The minimum atomic E-state index is -0.272. The number of anilines is 1. The minimum Gasteiger partial charge on any atom is -0.302 e. The number of hydrogen-bond donors (Lipinski definition) is 2. The SMILES string of the molecule is C=CCn1c(Cc2csc(NC(=O)CCN3C(=O)C4CCCCC4C3=O)n2)n[nH]c1=S. The smallest absolute Gasteiger partial charge is 0.233 e. The number of allylic oxidation sites excluding steroid dienone is 1. The van der Waals surface area contributed by atoms with Crippen molar-refractivity contribution in [2.24, 2.45) is 11.8 Å². The summed E-state index contributed by atoms with van der Waals surface area (Å²) in [6.07, 6.45) is 5.79. The molecule has 0 spiro atoms. The van der Waals surface area contributed by atoms with E-state index in [9.17, 15) is 14.4 Å². The molecule has 2 aromatic heterocycles. The molecule has 4 rings (SSSR count). The first kappa shape index (κ1) is 21.6. The number of carbonyl (C=O) groups excluding carboxylic acids is 3. The summed E-state index contributed by atoms with van der Waals surface area (Å²) in [5.41, 5.74) is 0.758. The van der Waals surface area contributed by atoms with E-state index in [0.29, 0.717) is 22.9 Å². The van der Waals surface area contributed by atoms with Crippen LogP contribution in [0.15, 0.2) is 18.0 Å². The van der Waals surface area contributed by atoms with Crippen molar-refractivity contribution in [2.45, 2.75) is 45.1 Å². The highest BCUT2D eigenvalue weighted by atomic mass is 32.1. The fourth-order valence-electron chi connectivity index (χ4n) is 4.26. The Morgan fingerprint density at radius 3 is 2.71 bits per heavy atom. The standard InChI is InChI=1S/C20H24N6O3S2/c1-2-8-25-15(23-24-20(25)30)10-12-11-31-19(21-12)22-16(27)7-9-26-17(28)13-5-3-4-6-14(13)18(26)29/h2,11,13-14H,1,3-10H2,(H,24,30)(H,21,22,27). The molecule has 9 nitrogen and oxygen atoms in total. The summed E-state index contributed by atoms with van der Waals surface area (Å²) < 4.78 is 2.35. The van der Waals surface area contributed by atoms with E-state index < -0.39 is 0 Å². The lowest BCUT2D eigenvalue weighted by atomic mass is 9.81. The topological polar surface area (TPSA) is 113 Å². The van der Waals surface area contributed by atoms with Crippen LogP contribution in [-0.2, 0) is 27.3 Å². The fourth-order valence-corrected chi connectivity index (χ4v) is 5.21.